The largest absolute Gasteiger partial charge is 0.498 e. The number of sulfonamides is 1. The van der Waals surface area contributed by atoms with Crippen LogP contribution in [0.5, 0.6) is 0 Å². The highest BCUT2D eigenvalue weighted by molar-refractivity contribution is 7.92. The summed E-state index contributed by atoms with van der Waals surface area (Å²) in [4.78, 5) is 4.47. The fourth-order valence-electron chi connectivity index (χ4n) is 2.73. The molecule has 0 bridgehead atoms. The van der Waals surface area contributed by atoms with Crippen LogP contribution in [0.25, 0.3) is 0 Å². The number of nitrogens with one attached hydrogen (secondary N) is 1. The fraction of sp³-hybridized carbons (Fsp3) is 0.421. The highest BCUT2D eigenvalue weighted by Gasteiger charge is 2.52. The van der Waals surface area contributed by atoms with Crippen molar-refractivity contribution in [2.45, 2.75) is 57.6 Å². The Hall–Kier alpha value is -1.90. The zero-order chi connectivity index (χ0) is 20.0. The van der Waals surface area contributed by atoms with Crippen LogP contribution in [-0.2, 0) is 19.3 Å². The third-order valence-electron chi connectivity index (χ3n) is 5.12. The van der Waals surface area contributed by atoms with Crippen LogP contribution in [0.1, 0.15) is 38.8 Å². The molecule has 1 aromatic heterocycles. The van der Waals surface area contributed by atoms with Crippen molar-refractivity contribution in [2.24, 2.45) is 0 Å². The summed E-state index contributed by atoms with van der Waals surface area (Å²) in [5, 5.41) is 0. The molecule has 2 aromatic rings. The van der Waals surface area contributed by atoms with E-state index in [2.05, 4.69) is 9.71 Å². The van der Waals surface area contributed by atoms with Crippen LogP contribution in [0.3, 0.4) is 0 Å². The minimum absolute atomic E-state index is 0.176. The molecule has 0 aliphatic carbocycles. The third-order valence-corrected chi connectivity index (χ3v) is 6.48. The molecule has 1 aliphatic heterocycles. The van der Waals surface area contributed by atoms with Gasteiger partial charge >= 0.3 is 7.12 Å². The SMILES string of the molecule is Cc1ccc(S(=O)(=O)Nc2ncc(C)cc2B2OC(C)(C)C(C)(C)O2)cc1. The van der Waals surface area contributed by atoms with E-state index in [0.29, 0.717) is 5.46 Å². The Labute approximate surface area is 161 Å². The van der Waals surface area contributed by atoms with E-state index in [1.807, 2.05) is 47.6 Å². The number of pyridine rings is 1. The van der Waals surface area contributed by atoms with Gasteiger partial charge in [-0.05, 0) is 59.2 Å². The van der Waals surface area contributed by atoms with Crippen molar-refractivity contribution in [3.05, 3.63) is 47.7 Å². The molecule has 0 amide bonds. The van der Waals surface area contributed by atoms with Crippen molar-refractivity contribution in [3.8, 4) is 0 Å². The second kappa shape index (κ2) is 6.62. The van der Waals surface area contributed by atoms with E-state index in [4.69, 9.17) is 9.31 Å². The Morgan fingerprint density at radius 2 is 1.52 bits per heavy atom. The van der Waals surface area contributed by atoms with Crippen LogP contribution >= 0.6 is 0 Å². The van der Waals surface area contributed by atoms with Gasteiger partial charge in [0.1, 0.15) is 5.82 Å². The molecular weight excluding hydrogens is 363 g/mol. The molecule has 8 heteroatoms. The second-order valence-corrected chi connectivity index (χ2v) is 9.64. The summed E-state index contributed by atoms with van der Waals surface area (Å²) in [6, 6.07) is 8.49. The topological polar surface area (TPSA) is 77.5 Å². The van der Waals surface area contributed by atoms with Crippen molar-refractivity contribution >= 4 is 28.4 Å². The van der Waals surface area contributed by atoms with E-state index in [0.717, 1.165) is 11.1 Å². The summed E-state index contributed by atoms with van der Waals surface area (Å²) in [6.45, 7) is 11.6. The van der Waals surface area contributed by atoms with Crippen LogP contribution in [0.2, 0.25) is 0 Å². The second-order valence-electron chi connectivity index (χ2n) is 7.96. The quantitative estimate of drug-likeness (QED) is 0.815. The summed E-state index contributed by atoms with van der Waals surface area (Å²) in [6.07, 6.45) is 1.61. The first-order valence-electron chi connectivity index (χ1n) is 8.83. The van der Waals surface area contributed by atoms with Gasteiger partial charge in [0.05, 0.1) is 16.1 Å². The van der Waals surface area contributed by atoms with E-state index in [-0.39, 0.29) is 10.7 Å². The molecule has 0 atom stereocenters. The van der Waals surface area contributed by atoms with Gasteiger partial charge in [-0.2, -0.15) is 0 Å². The molecular formula is C19H25BN2O4S. The maximum absolute atomic E-state index is 12.8. The summed E-state index contributed by atoms with van der Waals surface area (Å²) in [5.74, 6) is 0.208. The molecule has 1 N–H and O–H groups in total. The number of anilines is 1. The van der Waals surface area contributed by atoms with E-state index < -0.39 is 28.3 Å². The Balaban J connectivity index is 1.97. The van der Waals surface area contributed by atoms with Gasteiger partial charge in [0.2, 0.25) is 0 Å². The monoisotopic (exact) mass is 388 g/mol. The molecule has 2 heterocycles. The molecule has 27 heavy (non-hydrogen) atoms. The van der Waals surface area contributed by atoms with E-state index in [9.17, 15) is 8.42 Å². The maximum atomic E-state index is 12.8. The average Bonchev–Trinajstić information content (AvgIpc) is 2.77. The summed E-state index contributed by atoms with van der Waals surface area (Å²) in [5.41, 5.74) is 1.37. The summed E-state index contributed by atoms with van der Waals surface area (Å²) in [7, 11) is -4.49. The lowest BCUT2D eigenvalue weighted by atomic mass is 9.79. The van der Waals surface area contributed by atoms with E-state index in [1.165, 1.54) is 0 Å². The Morgan fingerprint density at radius 3 is 2.07 bits per heavy atom. The van der Waals surface area contributed by atoms with Gasteiger partial charge in [0, 0.05) is 11.7 Å². The molecule has 1 saturated heterocycles. The van der Waals surface area contributed by atoms with Crippen molar-refractivity contribution in [2.75, 3.05) is 4.72 Å². The molecule has 0 radical (unpaired) electrons. The zero-order valence-corrected chi connectivity index (χ0v) is 17.3. The number of benzene rings is 1. The van der Waals surface area contributed by atoms with Crippen LogP contribution < -0.4 is 10.2 Å². The van der Waals surface area contributed by atoms with Gasteiger partial charge in [-0.3, -0.25) is 4.72 Å². The molecule has 1 aromatic carbocycles. The Bertz CT molecular complexity index is 940. The van der Waals surface area contributed by atoms with Crippen LogP contribution in [0.15, 0.2) is 41.4 Å². The lowest BCUT2D eigenvalue weighted by Crippen LogP contribution is -2.41. The van der Waals surface area contributed by atoms with Crippen molar-refractivity contribution < 1.29 is 17.7 Å². The maximum Gasteiger partial charge on any atom is 0.498 e. The number of aromatic nitrogens is 1. The van der Waals surface area contributed by atoms with Gasteiger partial charge in [0.25, 0.3) is 10.0 Å². The van der Waals surface area contributed by atoms with Gasteiger partial charge < -0.3 is 9.31 Å². The molecule has 0 unspecified atom stereocenters. The summed E-state index contributed by atoms with van der Waals surface area (Å²) < 4.78 is 40.3. The Kier molecular flexibility index (Phi) is 4.86. The molecule has 6 nitrogen and oxygen atoms in total. The molecule has 1 fully saturated rings. The number of aryl methyl sites for hydroxylation is 2. The van der Waals surface area contributed by atoms with Gasteiger partial charge in [0.15, 0.2) is 0 Å². The molecule has 3 rings (SSSR count). The first kappa shape index (κ1) is 19.9. The number of rotatable bonds is 4. The van der Waals surface area contributed by atoms with Crippen LogP contribution in [-0.4, -0.2) is 31.7 Å². The lowest BCUT2D eigenvalue weighted by molar-refractivity contribution is 0.00578. The van der Waals surface area contributed by atoms with Gasteiger partial charge in [-0.15, -0.1) is 0 Å². The zero-order valence-electron chi connectivity index (χ0n) is 16.5. The highest BCUT2D eigenvalue weighted by Crippen LogP contribution is 2.37. The van der Waals surface area contributed by atoms with E-state index in [1.54, 1.807) is 30.5 Å². The minimum Gasteiger partial charge on any atom is -0.399 e. The Morgan fingerprint density at radius 1 is 0.963 bits per heavy atom. The van der Waals surface area contributed by atoms with Crippen molar-refractivity contribution in [3.63, 3.8) is 0 Å². The smallest absolute Gasteiger partial charge is 0.399 e. The molecule has 0 saturated carbocycles. The van der Waals surface area contributed by atoms with E-state index >= 15 is 0 Å². The van der Waals surface area contributed by atoms with Crippen molar-refractivity contribution in [1.82, 2.24) is 4.98 Å². The number of hydrogen-bond acceptors (Lipinski definition) is 5. The molecule has 144 valence electrons. The van der Waals surface area contributed by atoms with Crippen LogP contribution in [0, 0.1) is 13.8 Å². The average molecular weight is 388 g/mol. The highest BCUT2D eigenvalue weighted by atomic mass is 32.2. The fourth-order valence-corrected chi connectivity index (χ4v) is 3.77. The van der Waals surface area contributed by atoms with Gasteiger partial charge in [-0.25, -0.2) is 13.4 Å². The first-order chi connectivity index (χ1) is 12.4. The predicted molar refractivity (Wildman–Crippen MR) is 107 cm³/mol. The van der Waals surface area contributed by atoms with Crippen molar-refractivity contribution in [1.29, 1.82) is 0 Å². The predicted octanol–water partition coefficient (Wildman–Crippen LogP) is 2.80. The molecule has 1 aliphatic rings. The lowest BCUT2D eigenvalue weighted by Gasteiger charge is -2.32. The van der Waals surface area contributed by atoms with Gasteiger partial charge in [-0.1, -0.05) is 23.8 Å². The standard InChI is InChI=1S/C19H25BN2O4S/c1-13-7-9-15(10-8-13)27(23,24)22-17-16(11-14(2)12-21-17)20-25-18(3,4)19(5,6)26-20/h7-12H,1-6H3,(H,21,22). The number of nitrogens with zero attached hydrogens (tertiary/aromatic N) is 1. The molecule has 0 spiro atoms. The minimum atomic E-state index is -3.78. The van der Waals surface area contributed by atoms with Crippen LogP contribution in [0.4, 0.5) is 5.82 Å². The normalized spacial score (nSPS) is 18.5. The third kappa shape index (κ3) is 3.88. The number of hydrogen-bond donors (Lipinski definition) is 1. The first-order valence-corrected chi connectivity index (χ1v) is 10.3. The summed E-state index contributed by atoms with van der Waals surface area (Å²) >= 11 is 0.